The van der Waals surface area contributed by atoms with Crippen molar-refractivity contribution in [3.05, 3.63) is 38.6 Å². The standard InChI is InChI=1S/C15H13BrN2O2S/c1-8-2-4-12-9(6-8)10(7-17)15(21-12)18-14(19)11-3-5-13(16)20-11/h3,5,8H,2,4,6H2,1H3,(H,18,19). The first kappa shape index (κ1) is 14.4. The molecule has 2 heterocycles. The van der Waals surface area contributed by atoms with Crippen LogP contribution in [0.25, 0.3) is 0 Å². The zero-order valence-corrected chi connectivity index (χ0v) is 13.8. The van der Waals surface area contributed by atoms with E-state index in [1.54, 1.807) is 12.1 Å². The molecule has 0 spiro atoms. The number of nitrogens with one attached hydrogen (secondary N) is 1. The molecule has 0 saturated carbocycles. The second-order valence-corrected chi connectivity index (χ2v) is 7.11. The van der Waals surface area contributed by atoms with Gasteiger partial charge in [0.1, 0.15) is 11.1 Å². The minimum absolute atomic E-state index is 0.227. The Morgan fingerprint density at radius 1 is 1.57 bits per heavy atom. The van der Waals surface area contributed by atoms with E-state index in [-0.39, 0.29) is 11.7 Å². The number of halogens is 1. The molecule has 1 amide bonds. The molecule has 0 radical (unpaired) electrons. The maximum atomic E-state index is 12.1. The van der Waals surface area contributed by atoms with Crippen molar-refractivity contribution in [2.45, 2.75) is 26.2 Å². The average molecular weight is 365 g/mol. The third-order valence-electron chi connectivity index (χ3n) is 3.64. The van der Waals surface area contributed by atoms with Gasteiger partial charge in [0.15, 0.2) is 10.4 Å². The van der Waals surface area contributed by atoms with E-state index in [2.05, 4.69) is 34.2 Å². The highest BCUT2D eigenvalue weighted by Gasteiger charge is 2.25. The molecule has 0 aliphatic heterocycles. The van der Waals surface area contributed by atoms with Gasteiger partial charge in [-0.2, -0.15) is 5.26 Å². The van der Waals surface area contributed by atoms with Crippen LogP contribution in [0.1, 0.15) is 39.9 Å². The van der Waals surface area contributed by atoms with Gasteiger partial charge in [0, 0.05) is 4.88 Å². The number of hydrogen-bond donors (Lipinski definition) is 1. The number of nitriles is 1. The first-order valence-electron chi connectivity index (χ1n) is 6.69. The van der Waals surface area contributed by atoms with Gasteiger partial charge < -0.3 is 9.73 Å². The summed E-state index contributed by atoms with van der Waals surface area (Å²) in [5.74, 6) is 0.484. The smallest absolute Gasteiger partial charge is 0.292 e. The maximum Gasteiger partial charge on any atom is 0.292 e. The number of carbonyl (C=O) groups excluding carboxylic acids is 1. The van der Waals surface area contributed by atoms with Crippen molar-refractivity contribution in [3.8, 4) is 6.07 Å². The summed E-state index contributed by atoms with van der Waals surface area (Å²) in [6.45, 7) is 2.19. The second kappa shape index (κ2) is 5.66. The van der Waals surface area contributed by atoms with Gasteiger partial charge in [-0.3, -0.25) is 4.79 Å². The van der Waals surface area contributed by atoms with E-state index in [1.807, 2.05) is 0 Å². The molecule has 0 bridgehead atoms. The Morgan fingerprint density at radius 2 is 2.38 bits per heavy atom. The van der Waals surface area contributed by atoms with Crippen LogP contribution < -0.4 is 5.32 Å². The summed E-state index contributed by atoms with van der Waals surface area (Å²) in [5, 5.41) is 12.9. The Hall–Kier alpha value is -1.58. The number of aryl methyl sites for hydroxylation is 1. The summed E-state index contributed by atoms with van der Waals surface area (Å²) in [6.07, 6.45) is 3.03. The molecule has 1 aliphatic rings. The van der Waals surface area contributed by atoms with Gasteiger partial charge >= 0.3 is 0 Å². The zero-order chi connectivity index (χ0) is 15.0. The number of fused-ring (bicyclic) bond motifs is 1. The number of thiophene rings is 1. The van der Waals surface area contributed by atoms with E-state index >= 15 is 0 Å². The van der Waals surface area contributed by atoms with E-state index in [0.29, 0.717) is 21.2 Å². The fraction of sp³-hybridized carbons (Fsp3) is 0.333. The van der Waals surface area contributed by atoms with Crippen LogP contribution in [0.3, 0.4) is 0 Å². The third-order valence-corrected chi connectivity index (χ3v) is 5.28. The summed E-state index contributed by atoms with van der Waals surface area (Å²) in [5.41, 5.74) is 1.72. The largest absolute Gasteiger partial charge is 0.444 e. The van der Waals surface area contributed by atoms with Gasteiger partial charge in [-0.25, -0.2) is 0 Å². The van der Waals surface area contributed by atoms with Gasteiger partial charge in [-0.15, -0.1) is 11.3 Å². The number of carbonyl (C=O) groups is 1. The van der Waals surface area contributed by atoms with Crippen LogP contribution >= 0.6 is 27.3 Å². The van der Waals surface area contributed by atoms with E-state index in [4.69, 9.17) is 4.42 Å². The fourth-order valence-electron chi connectivity index (χ4n) is 2.57. The Balaban J connectivity index is 1.89. The van der Waals surface area contributed by atoms with Gasteiger partial charge in [0.05, 0.1) is 5.56 Å². The molecule has 21 heavy (non-hydrogen) atoms. The molecule has 6 heteroatoms. The van der Waals surface area contributed by atoms with Crippen molar-refractivity contribution in [1.82, 2.24) is 0 Å². The number of rotatable bonds is 2. The lowest BCUT2D eigenvalue weighted by Gasteiger charge is -2.17. The summed E-state index contributed by atoms with van der Waals surface area (Å²) in [7, 11) is 0. The predicted octanol–water partition coefficient (Wildman–Crippen LogP) is 4.35. The summed E-state index contributed by atoms with van der Waals surface area (Å²) >= 11 is 4.68. The van der Waals surface area contributed by atoms with Crippen molar-refractivity contribution < 1.29 is 9.21 Å². The lowest BCUT2D eigenvalue weighted by molar-refractivity contribution is 0.0996. The maximum absolute atomic E-state index is 12.1. The third kappa shape index (κ3) is 2.76. The quantitative estimate of drug-likeness (QED) is 0.860. The Bertz CT molecular complexity index is 741. The molecule has 0 aromatic carbocycles. The monoisotopic (exact) mass is 364 g/mol. The van der Waals surface area contributed by atoms with Gasteiger partial charge in [-0.05, 0) is 58.8 Å². The van der Waals surface area contributed by atoms with Crippen molar-refractivity contribution in [2.24, 2.45) is 5.92 Å². The van der Waals surface area contributed by atoms with Crippen LogP contribution in [-0.2, 0) is 12.8 Å². The molecule has 2 aromatic heterocycles. The normalized spacial score (nSPS) is 17.1. The second-order valence-electron chi connectivity index (χ2n) is 5.23. The molecule has 1 aliphatic carbocycles. The molecule has 108 valence electrons. The molecule has 1 unspecified atom stereocenters. The van der Waals surface area contributed by atoms with Gasteiger partial charge in [0.25, 0.3) is 5.91 Å². The first-order valence-corrected chi connectivity index (χ1v) is 8.30. The van der Waals surface area contributed by atoms with Crippen molar-refractivity contribution in [2.75, 3.05) is 5.32 Å². The summed E-state index contributed by atoms with van der Waals surface area (Å²) in [4.78, 5) is 13.4. The van der Waals surface area contributed by atoms with Crippen molar-refractivity contribution in [1.29, 1.82) is 5.26 Å². The lowest BCUT2D eigenvalue weighted by Crippen LogP contribution is -2.11. The van der Waals surface area contributed by atoms with Crippen molar-refractivity contribution >= 4 is 38.2 Å². The van der Waals surface area contributed by atoms with E-state index in [0.717, 1.165) is 24.8 Å². The molecule has 2 aromatic rings. The fourth-order valence-corrected chi connectivity index (χ4v) is 4.06. The minimum atomic E-state index is -0.330. The topological polar surface area (TPSA) is 66.0 Å². The van der Waals surface area contributed by atoms with Crippen LogP contribution in [0.5, 0.6) is 0 Å². The van der Waals surface area contributed by atoms with Crippen LogP contribution in [-0.4, -0.2) is 5.91 Å². The van der Waals surface area contributed by atoms with Crippen LogP contribution in [0.4, 0.5) is 5.00 Å². The molecule has 4 nitrogen and oxygen atoms in total. The van der Waals surface area contributed by atoms with Gasteiger partial charge in [-0.1, -0.05) is 6.92 Å². The molecule has 0 fully saturated rings. The first-order chi connectivity index (χ1) is 10.1. The van der Waals surface area contributed by atoms with Crippen LogP contribution in [0.15, 0.2) is 21.2 Å². The number of amides is 1. The molecule has 1 atom stereocenters. The lowest BCUT2D eigenvalue weighted by atomic mass is 9.88. The Kier molecular flexibility index (Phi) is 3.87. The van der Waals surface area contributed by atoms with Gasteiger partial charge in [0.2, 0.25) is 0 Å². The summed E-state index contributed by atoms with van der Waals surface area (Å²) < 4.78 is 5.74. The molecule has 1 N–H and O–H groups in total. The van der Waals surface area contributed by atoms with Crippen LogP contribution in [0.2, 0.25) is 0 Å². The Labute approximate surface area is 134 Å². The molecule has 3 rings (SSSR count). The Morgan fingerprint density at radius 3 is 3.05 bits per heavy atom. The molecular weight excluding hydrogens is 352 g/mol. The number of anilines is 1. The molecule has 0 saturated heterocycles. The average Bonchev–Trinajstić information content (AvgIpc) is 3.02. The summed E-state index contributed by atoms with van der Waals surface area (Å²) in [6, 6.07) is 5.51. The highest BCUT2D eigenvalue weighted by atomic mass is 79.9. The number of nitrogens with zero attached hydrogens (tertiary/aromatic N) is 1. The van der Waals surface area contributed by atoms with Crippen LogP contribution in [0, 0.1) is 17.2 Å². The van der Waals surface area contributed by atoms with E-state index in [1.165, 1.54) is 16.2 Å². The highest BCUT2D eigenvalue weighted by molar-refractivity contribution is 9.10. The minimum Gasteiger partial charge on any atom is -0.444 e. The molecular formula is C15H13BrN2O2S. The number of hydrogen-bond acceptors (Lipinski definition) is 4. The highest BCUT2D eigenvalue weighted by Crippen LogP contribution is 2.39. The predicted molar refractivity (Wildman–Crippen MR) is 84.6 cm³/mol. The van der Waals surface area contributed by atoms with Crippen molar-refractivity contribution in [3.63, 3.8) is 0 Å². The van der Waals surface area contributed by atoms with E-state index < -0.39 is 0 Å². The van der Waals surface area contributed by atoms with E-state index in [9.17, 15) is 10.1 Å². The zero-order valence-electron chi connectivity index (χ0n) is 11.4. The number of furan rings is 1. The SMILES string of the molecule is CC1CCc2sc(NC(=O)c3ccc(Br)o3)c(C#N)c2C1.